The molecule has 0 saturated heterocycles. The normalized spacial score (nSPS) is 29.5. The van der Waals surface area contributed by atoms with Crippen LogP contribution in [0.25, 0.3) is 0 Å². The van der Waals surface area contributed by atoms with Crippen LogP contribution in [-0.4, -0.2) is 11.0 Å². The average Bonchev–Trinajstić information content (AvgIpc) is 2.01. The van der Waals surface area contributed by atoms with Gasteiger partial charge in [-0.2, -0.15) is 0 Å². The lowest BCUT2D eigenvalue weighted by Gasteiger charge is -2.31. The zero-order valence-corrected chi connectivity index (χ0v) is 6.40. The highest BCUT2D eigenvalue weighted by Gasteiger charge is 2.27. The van der Waals surface area contributed by atoms with E-state index in [2.05, 4.69) is 11.1 Å². The van der Waals surface area contributed by atoms with Gasteiger partial charge in [0, 0.05) is 23.9 Å². The summed E-state index contributed by atoms with van der Waals surface area (Å²) in [7, 11) is 0. The van der Waals surface area contributed by atoms with E-state index in [1.54, 1.807) is 0 Å². The molecule has 2 N–H and O–H groups in total. The molecule has 1 aromatic rings. The Bertz CT molecular complexity index is 227. The van der Waals surface area contributed by atoms with Gasteiger partial charge < -0.3 is 5.73 Å². The molecule has 1 aliphatic carbocycles. The van der Waals surface area contributed by atoms with E-state index in [1.165, 1.54) is 5.69 Å². The Hall–Kier alpha value is -0.890. The van der Waals surface area contributed by atoms with Gasteiger partial charge in [-0.1, -0.05) is 6.07 Å². The summed E-state index contributed by atoms with van der Waals surface area (Å²) in [5.74, 6) is 0.631. The molecule has 0 amide bonds. The van der Waals surface area contributed by atoms with Gasteiger partial charge in [-0.05, 0) is 25.0 Å². The van der Waals surface area contributed by atoms with Crippen molar-refractivity contribution in [2.75, 3.05) is 0 Å². The van der Waals surface area contributed by atoms with Crippen molar-refractivity contribution in [3.05, 3.63) is 30.1 Å². The maximum absolute atomic E-state index is 5.68. The quantitative estimate of drug-likeness (QED) is 0.651. The number of nitrogens with zero attached hydrogens (tertiary/aromatic N) is 1. The lowest BCUT2D eigenvalue weighted by atomic mass is 9.78. The number of hydrogen-bond donors (Lipinski definition) is 1. The fourth-order valence-electron chi connectivity index (χ4n) is 1.52. The van der Waals surface area contributed by atoms with Crippen molar-refractivity contribution >= 4 is 0 Å². The Morgan fingerprint density at radius 3 is 2.73 bits per heavy atom. The van der Waals surface area contributed by atoms with Gasteiger partial charge >= 0.3 is 0 Å². The molecule has 0 spiro atoms. The van der Waals surface area contributed by atoms with Gasteiger partial charge in [-0.3, -0.25) is 4.98 Å². The minimum Gasteiger partial charge on any atom is -0.328 e. The van der Waals surface area contributed by atoms with E-state index in [9.17, 15) is 0 Å². The Labute approximate surface area is 66.4 Å². The highest BCUT2D eigenvalue weighted by molar-refractivity contribution is 5.13. The molecule has 0 atom stereocenters. The average molecular weight is 148 g/mol. The van der Waals surface area contributed by atoms with Crippen molar-refractivity contribution in [1.82, 2.24) is 4.98 Å². The largest absolute Gasteiger partial charge is 0.328 e. The smallest absolute Gasteiger partial charge is 0.0435 e. The standard InChI is InChI=1S/C9H12N2/c10-8-5-7(6-8)9-3-1-2-4-11-9/h1-4,7-8H,5-6,10H2. The summed E-state index contributed by atoms with van der Waals surface area (Å²) in [5, 5.41) is 0. The summed E-state index contributed by atoms with van der Waals surface area (Å²) >= 11 is 0. The third-order valence-electron chi connectivity index (χ3n) is 2.28. The van der Waals surface area contributed by atoms with Gasteiger partial charge in [0.2, 0.25) is 0 Å². The fourth-order valence-corrected chi connectivity index (χ4v) is 1.52. The molecule has 0 unspecified atom stereocenters. The van der Waals surface area contributed by atoms with E-state index in [4.69, 9.17) is 5.73 Å². The maximum atomic E-state index is 5.68. The molecule has 1 heterocycles. The molecule has 1 aromatic heterocycles. The molecular formula is C9H12N2. The van der Waals surface area contributed by atoms with Gasteiger partial charge in [-0.15, -0.1) is 0 Å². The lowest BCUT2D eigenvalue weighted by Crippen LogP contribution is -2.35. The summed E-state index contributed by atoms with van der Waals surface area (Å²) < 4.78 is 0. The summed E-state index contributed by atoms with van der Waals surface area (Å²) in [6, 6.07) is 6.48. The van der Waals surface area contributed by atoms with Crippen molar-refractivity contribution < 1.29 is 0 Å². The molecule has 11 heavy (non-hydrogen) atoms. The van der Waals surface area contributed by atoms with Crippen LogP contribution < -0.4 is 5.73 Å². The topological polar surface area (TPSA) is 38.9 Å². The zero-order chi connectivity index (χ0) is 7.68. The number of nitrogens with two attached hydrogens (primary N) is 1. The van der Waals surface area contributed by atoms with Gasteiger partial charge in [0.05, 0.1) is 0 Å². The van der Waals surface area contributed by atoms with Crippen molar-refractivity contribution in [3.63, 3.8) is 0 Å². The van der Waals surface area contributed by atoms with Crippen LogP contribution in [0.4, 0.5) is 0 Å². The lowest BCUT2D eigenvalue weighted by molar-refractivity contribution is 0.345. The Morgan fingerprint density at radius 1 is 1.36 bits per heavy atom. The van der Waals surface area contributed by atoms with Gasteiger partial charge in [0.1, 0.15) is 0 Å². The second-order valence-electron chi connectivity index (χ2n) is 3.18. The van der Waals surface area contributed by atoms with Crippen molar-refractivity contribution in [2.24, 2.45) is 5.73 Å². The summed E-state index contributed by atoms with van der Waals surface area (Å²) in [6.45, 7) is 0. The summed E-state index contributed by atoms with van der Waals surface area (Å²) in [5.41, 5.74) is 6.88. The van der Waals surface area contributed by atoms with Gasteiger partial charge in [-0.25, -0.2) is 0 Å². The zero-order valence-electron chi connectivity index (χ0n) is 6.40. The van der Waals surface area contributed by atoms with Crippen molar-refractivity contribution in [1.29, 1.82) is 0 Å². The van der Waals surface area contributed by atoms with Crippen LogP contribution in [0.3, 0.4) is 0 Å². The van der Waals surface area contributed by atoms with E-state index in [0.717, 1.165) is 12.8 Å². The van der Waals surface area contributed by atoms with Crippen LogP contribution in [0.15, 0.2) is 24.4 Å². The predicted molar refractivity (Wildman–Crippen MR) is 44.2 cm³/mol. The Balaban J connectivity index is 2.08. The Morgan fingerprint density at radius 2 is 2.18 bits per heavy atom. The van der Waals surface area contributed by atoms with Crippen LogP contribution in [0.5, 0.6) is 0 Å². The SMILES string of the molecule is NC1CC(c2ccccn2)C1. The molecule has 2 rings (SSSR count). The van der Waals surface area contributed by atoms with Crippen LogP contribution in [-0.2, 0) is 0 Å². The predicted octanol–water partition coefficient (Wildman–Crippen LogP) is 1.29. The Kier molecular flexibility index (Phi) is 1.62. The first-order chi connectivity index (χ1) is 5.36. The molecule has 1 aliphatic rings. The molecule has 58 valence electrons. The van der Waals surface area contributed by atoms with Crippen molar-refractivity contribution in [3.8, 4) is 0 Å². The highest BCUT2D eigenvalue weighted by atomic mass is 14.7. The number of rotatable bonds is 1. The van der Waals surface area contributed by atoms with E-state index >= 15 is 0 Å². The fraction of sp³-hybridized carbons (Fsp3) is 0.444. The van der Waals surface area contributed by atoms with Gasteiger partial charge in [0.25, 0.3) is 0 Å². The highest BCUT2D eigenvalue weighted by Crippen LogP contribution is 2.33. The number of pyridine rings is 1. The first-order valence-electron chi connectivity index (χ1n) is 4.03. The van der Waals surface area contributed by atoms with Crippen molar-refractivity contribution in [2.45, 2.75) is 24.8 Å². The monoisotopic (exact) mass is 148 g/mol. The molecule has 0 bridgehead atoms. The minimum absolute atomic E-state index is 0.419. The van der Waals surface area contributed by atoms with Crippen LogP contribution in [0, 0.1) is 0 Å². The third-order valence-corrected chi connectivity index (χ3v) is 2.28. The number of aromatic nitrogens is 1. The molecule has 1 saturated carbocycles. The molecule has 0 aromatic carbocycles. The summed E-state index contributed by atoms with van der Waals surface area (Å²) in [4.78, 5) is 4.28. The molecular weight excluding hydrogens is 136 g/mol. The van der Waals surface area contributed by atoms with Crippen LogP contribution >= 0.6 is 0 Å². The van der Waals surface area contributed by atoms with Crippen LogP contribution in [0.2, 0.25) is 0 Å². The maximum Gasteiger partial charge on any atom is 0.0435 e. The third kappa shape index (κ3) is 1.26. The van der Waals surface area contributed by atoms with E-state index in [1.807, 2.05) is 18.3 Å². The molecule has 2 heteroatoms. The van der Waals surface area contributed by atoms with E-state index < -0.39 is 0 Å². The second kappa shape index (κ2) is 2.62. The first kappa shape index (κ1) is 6.80. The molecule has 0 radical (unpaired) electrons. The van der Waals surface area contributed by atoms with E-state index in [0.29, 0.717) is 12.0 Å². The van der Waals surface area contributed by atoms with E-state index in [-0.39, 0.29) is 0 Å². The molecule has 1 fully saturated rings. The second-order valence-corrected chi connectivity index (χ2v) is 3.18. The summed E-state index contributed by atoms with van der Waals surface area (Å²) in [6.07, 6.45) is 4.06. The number of hydrogen-bond acceptors (Lipinski definition) is 2. The minimum atomic E-state index is 0.419. The van der Waals surface area contributed by atoms with Crippen LogP contribution in [0.1, 0.15) is 24.5 Å². The first-order valence-corrected chi connectivity index (χ1v) is 4.03. The molecule has 0 aliphatic heterocycles. The van der Waals surface area contributed by atoms with Gasteiger partial charge in [0.15, 0.2) is 0 Å². The molecule has 2 nitrogen and oxygen atoms in total.